The van der Waals surface area contributed by atoms with Gasteiger partial charge in [0, 0.05) is 13.3 Å². The first-order valence-electron chi connectivity index (χ1n) is 6.06. The normalized spacial score (nSPS) is 22.3. The van der Waals surface area contributed by atoms with Gasteiger partial charge in [-0.2, -0.15) is 0 Å². The Balaban J connectivity index is 2.12. The van der Waals surface area contributed by atoms with Gasteiger partial charge in [0.25, 0.3) is 0 Å². The highest BCUT2D eigenvalue weighted by Crippen LogP contribution is 2.38. The molecule has 0 bridgehead atoms. The topological polar surface area (TPSA) is 29.5 Å². The maximum Gasteiger partial charge on any atom is 0.228 e. The van der Waals surface area contributed by atoms with Crippen molar-refractivity contribution in [3.05, 3.63) is 47.2 Å². The minimum absolute atomic E-state index is 0.0476. The van der Waals surface area contributed by atoms with E-state index in [1.165, 1.54) is 0 Å². The van der Waals surface area contributed by atoms with Crippen molar-refractivity contribution in [3.63, 3.8) is 0 Å². The maximum atomic E-state index is 11.8. The third-order valence-corrected chi connectivity index (χ3v) is 3.22. The van der Waals surface area contributed by atoms with Crippen molar-refractivity contribution in [2.45, 2.75) is 32.6 Å². The van der Waals surface area contributed by atoms with Crippen LogP contribution in [0, 0.1) is 0 Å². The number of fused-ring (bicyclic) bond motifs is 1. The minimum Gasteiger partial charge on any atom is -0.458 e. The number of hydrogen-bond acceptors (Lipinski definition) is 2. The molecule has 1 amide bonds. The molecule has 88 valence electrons. The lowest BCUT2D eigenvalue weighted by Gasteiger charge is -2.36. The highest BCUT2D eigenvalue weighted by atomic mass is 16.5. The molecule has 17 heavy (non-hydrogen) atoms. The molecule has 0 saturated carbocycles. The molecular formula is C14H15NO2. The molecule has 3 aliphatic rings. The first-order chi connectivity index (χ1) is 8.27. The molecule has 0 aromatic rings. The first-order valence-corrected chi connectivity index (χ1v) is 6.06. The number of carbonyl (C=O) groups is 1. The van der Waals surface area contributed by atoms with Crippen molar-refractivity contribution in [3.8, 4) is 0 Å². The van der Waals surface area contributed by atoms with Gasteiger partial charge >= 0.3 is 0 Å². The Morgan fingerprint density at radius 1 is 1.29 bits per heavy atom. The SMILES string of the molecule is CC(=O)N1C2=CCCC=C2OC2=C1C=CCC2. The van der Waals surface area contributed by atoms with Crippen LogP contribution in [0.1, 0.15) is 32.6 Å². The van der Waals surface area contributed by atoms with Gasteiger partial charge < -0.3 is 4.74 Å². The van der Waals surface area contributed by atoms with E-state index in [4.69, 9.17) is 4.74 Å². The second kappa shape index (κ2) is 3.91. The summed E-state index contributed by atoms with van der Waals surface area (Å²) in [5.74, 6) is 1.82. The molecule has 3 rings (SSSR count). The second-order valence-electron chi connectivity index (χ2n) is 4.44. The van der Waals surface area contributed by atoms with Crippen LogP contribution >= 0.6 is 0 Å². The Morgan fingerprint density at radius 2 is 2.12 bits per heavy atom. The van der Waals surface area contributed by atoms with Crippen LogP contribution in [0.3, 0.4) is 0 Å². The molecule has 0 aromatic heterocycles. The molecular weight excluding hydrogens is 214 g/mol. The Morgan fingerprint density at radius 3 is 2.94 bits per heavy atom. The van der Waals surface area contributed by atoms with E-state index < -0.39 is 0 Å². The molecule has 1 heterocycles. The molecule has 0 aromatic carbocycles. The fraction of sp³-hybridized carbons (Fsp3) is 0.357. The Kier molecular flexibility index (Phi) is 2.39. The largest absolute Gasteiger partial charge is 0.458 e. The van der Waals surface area contributed by atoms with Gasteiger partial charge in [0.2, 0.25) is 5.91 Å². The number of ether oxygens (including phenoxy) is 1. The van der Waals surface area contributed by atoms with Crippen LogP contribution in [0.4, 0.5) is 0 Å². The smallest absolute Gasteiger partial charge is 0.228 e. The van der Waals surface area contributed by atoms with Crippen LogP contribution in [0.5, 0.6) is 0 Å². The van der Waals surface area contributed by atoms with Crippen LogP contribution in [0.2, 0.25) is 0 Å². The van der Waals surface area contributed by atoms with E-state index in [9.17, 15) is 4.79 Å². The van der Waals surface area contributed by atoms with Gasteiger partial charge in [0.15, 0.2) is 0 Å². The van der Waals surface area contributed by atoms with Crippen LogP contribution < -0.4 is 0 Å². The average Bonchev–Trinajstić information content (AvgIpc) is 2.35. The molecule has 3 heteroatoms. The third kappa shape index (κ3) is 1.62. The van der Waals surface area contributed by atoms with Gasteiger partial charge in [0.05, 0.1) is 11.4 Å². The van der Waals surface area contributed by atoms with Gasteiger partial charge in [-0.3, -0.25) is 9.69 Å². The predicted molar refractivity (Wildman–Crippen MR) is 64.4 cm³/mol. The molecule has 0 radical (unpaired) electrons. The number of nitrogens with zero attached hydrogens (tertiary/aromatic N) is 1. The van der Waals surface area contributed by atoms with Crippen molar-refractivity contribution in [1.82, 2.24) is 4.90 Å². The van der Waals surface area contributed by atoms with E-state index in [1.807, 2.05) is 6.08 Å². The molecule has 0 spiro atoms. The lowest BCUT2D eigenvalue weighted by Crippen LogP contribution is -2.34. The number of rotatable bonds is 0. The number of amides is 1. The van der Waals surface area contributed by atoms with E-state index in [-0.39, 0.29) is 5.91 Å². The summed E-state index contributed by atoms with van der Waals surface area (Å²) in [5, 5.41) is 0. The van der Waals surface area contributed by atoms with Crippen molar-refractivity contribution >= 4 is 5.91 Å². The summed E-state index contributed by atoms with van der Waals surface area (Å²) in [4.78, 5) is 13.6. The summed E-state index contributed by atoms with van der Waals surface area (Å²) in [7, 11) is 0. The minimum atomic E-state index is 0.0476. The van der Waals surface area contributed by atoms with Crippen LogP contribution in [-0.4, -0.2) is 10.8 Å². The van der Waals surface area contributed by atoms with Crippen LogP contribution in [0.15, 0.2) is 47.2 Å². The van der Waals surface area contributed by atoms with Crippen molar-refractivity contribution in [1.29, 1.82) is 0 Å². The molecule has 3 nitrogen and oxygen atoms in total. The fourth-order valence-electron chi connectivity index (χ4n) is 2.47. The Hall–Kier alpha value is -1.77. The summed E-state index contributed by atoms with van der Waals surface area (Å²) in [6, 6.07) is 0. The molecule has 0 atom stereocenters. The van der Waals surface area contributed by atoms with Gasteiger partial charge in [-0.1, -0.05) is 12.2 Å². The summed E-state index contributed by atoms with van der Waals surface area (Å²) in [6.45, 7) is 1.60. The van der Waals surface area contributed by atoms with Gasteiger partial charge in [-0.25, -0.2) is 0 Å². The summed E-state index contributed by atoms with van der Waals surface area (Å²) in [5.41, 5.74) is 1.82. The van der Waals surface area contributed by atoms with E-state index in [2.05, 4.69) is 18.2 Å². The highest BCUT2D eigenvalue weighted by Gasteiger charge is 2.32. The molecule has 0 saturated heterocycles. The van der Waals surface area contributed by atoms with Gasteiger partial charge in [0.1, 0.15) is 11.5 Å². The van der Waals surface area contributed by atoms with Crippen LogP contribution in [-0.2, 0) is 9.53 Å². The van der Waals surface area contributed by atoms with E-state index in [0.29, 0.717) is 0 Å². The van der Waals surface area contributed by atoms with Gasteiger partial charge in [-0.05, 0) is 31.4 Å². The highest BCUT2D eigenvalue weighted by molar-refractivity contribution is 5.80. The second-order valence-corrected chi connectivity index (χ2v) is 4.44. The van der Waals surface area contributed by atoms with Crippen molar-refractivity contribution in [2.24, 2.45) is 0 Å². The summed E-state index contributed by atoms with van der Waals surface area (Å²) >= 11 is 0. The monoisotopic (exact) mass is 229 g/mol. The first kappa shape index (κ1) is 10.4. The lowest BCUT2D eigenvalue weighted by molar-refractivity contribution is -0.125. The number of allylic oxidation sites excluding steroid dienone is 5. The molecule has 2 aliphatic carbocycles. The Bertz CT molecular complexity index is 494. The quantitative estimate of drug-likeness (QED) is 0.639. The van der Waals surface area contributed by atoms with Crippen LogP contribution in [0.25, 0.3) is 0 Å². The number of hydrogen-bond donors (Lipinski definition) is 0. The van der Waals surface area contributed by atoms with E-state index in [1.54, 1.807) is 11.8 Å². The van der Waals surface area contributed by atoms with E-state index >= 15 is 0 Å². The average molecular weight is 229 g/mol. The fourth-order valence-corrected chi connectivity index (χ4v) is 2.47. The molecule has 0 N–H and O–H groups in total. The zero-order chi connectivity index (χ0) is 11.8. The summed E-state index contributed by atoms with van der Waals surface area (Å²) in [6.07, 6.45) is 12.1. The molecule has 0 fully saturated rings. The standard InChI is InChI=1S/C14H15NO2/c1-10(16)15-11-6-2-4-8-13(11)17-14-9-5-3-7-12(14)15/h2,6-7,9H,3-5,8H2,1H3. The molecule has 1 aliphatic heterocycles. The summed E-state index contributed by atoms with van der Waals surface area (Å²) < 4.78 is 5.90. The zero-order valence-corrected chi connectivity index (χ0v) is 9.90. The zero-order valence-electron chi connectivity index (χ0n) is 9.90. The predicted octanol–water partition coefficient (Wildman–Crippen LogP) is 2.99. The van der Waals surface area contributed by atoms with E-state index in [0.717, 1.165) is 48.6 Å². The van der Waals surface area contributed by atoms with Crippen molar-refractivity contribution < 1.29 is 9.53 Å². The lowest BCUT2D eigenvalue weighted by atomic mass is 10.0. The van der Waals surface area contributed by atoms with Crippen molar-refractivity contribution in [2.75, 3.05) is 0 Å². The number of carbonyl (C=O) groups excluding carboxylic acids is 1. The Labute approximate surface area is 101 Å². The van der Waals surface area contributed by atoms with Gasteiger partial charge in [-0.15, -0.1) is 0 Å². The molecule has 0 unspecified atom stereocenters. The maximum absolute atomic E-state index is 11.8. The third-order valence-electron chi connectivity index (χ3n) is 3.22.